The third-order valence-corrected chi connectivity index (χ3v) is 5.54. The fraction of sp³-hybridized carbons (Fsp3) is 0.200. The van der Waals surface area contributed by atoms with Gasteiger partial charge in [0, 0.05) is 35.9 Å². The van der Waals surface area contributed by atoms with Gasteiger partial charge < -0.3 is 4.90 Å². The molecule has 0 amide bonds. The number of benzene rings is 2. The minimum absolute atomic E-state index is 0.0133. The van der Waals surface area contributed by atoms with E-state index in [9.17, 15) is 8.42 Å². The molecule has 0 saturated heterocycles. The molecule has 120 valence electrons. The molecule has 0 aliphatic rings. The van der Waals surface area contributed by atoms with Crippen molar-refractivity contribution in [3.63, 3.8) is 0 Å². The van der Waals surface area contributed by atoms with Crippen molar-refractivity contribution in [3.05, 3.63) is 57.0 Å². The minimum atomic E-state index is -3.76. The molecule has 0 bridgehead atoms. The summed E-state index contributed by atoms with van der Waals surface area (Å²) in [6.45, 7) is 0. The first-order chi connectivity index (χ1) is 10.7. The van der Waals surface area contributed by atoms with E-state index in [0.717, 1.165) is 0 Å². The molecule has 0 heterocycles. The van der Waals surface area contributed by atoms with Gasteiger partial charge in [-0.15, -0.1) is 0 Å². The Kier molecular flexibility index (Phi) is 5.15. The quantitative estimate of drug-likeness (QED) is 0.742. The van der Waals surface area contributed by atoms with Crippen molar-refractivity contribution in [3.8, 4) is 0 Å². The number of nitrogens with zero attached hydrogens (tertiary/aromatic N) is 3. The Morgan fingerprint density at radius 1 is 1.13 bits per heavy atom. The van der Waals surface area contributed by atoms with Crippen molar-refractivity contribution in [2.45, 2.75) is 10.6 Å². The van der Waals surface area contributed by atoms with E-state index in [1.807, 2.05) is 0 Å². The van der Waals surface area contributed by atoms with Gasteiger partial charge in [-0.05, 0) is 29.8 Å². The summed E-state index contributed by atoms with van der Waals surface area (Å²) in [6.07, 6.45) is 0. The number of rotatable bonds is 4. The average molecular weight is 371 g/mol. The Hall–Kier alpha value is -1.81. The maximum Gasteiger partial charge on any atom is 0.403 e. The smallest absolute Gasteiger partial charge is 0.378 e. The number of diazo groups is 1. The van der Waals surface area contributed by atoms with Crippen LogP contribution in [0.5, 0.6) is 0 Å². The lowest BCUT2D eigenvalue weighted by molar-refractivity contribution is 0.595. The van der Waals surface area contributed by atoms with Gasteiger partial charge in [-0.2, -0.15) is 0 Å². The van der Waals surface area contributed by atoms with Crippen molar-refractivity contribution in [2.75, 3.05) is 19.0 Å². The minimum Gasteiger partial charge on any atom is -0.378 e. The van der Waals surface area contributed by atoms with Gasteiger partial charge in [0.2, 0.25) is 5.39 Å². The molecule has 0 saturated carbocycles. The summed E-state index contributed by atoms with van der Waals surface area (Å²) in [4.78, 5) is 4.76. The van der Waals surface area contributed by atoms with Gasteiger partial charge in [0.05, 0.1) is 5.75 Å². The SMILES string of the molecule is CN(C)c1ccc([N+]#N)c(S(=O)(=O)Cc2ccc(Cl)cc2Cl)c1. The summed E-state index contributed by atoms with van der Waals surface area (Å²) in [7, 11) is -0.177. The van der Waals surface area contributed by atoms with Crippen molar-refractivity contribution in [1.82, 2.24) is 0 Å². The van der Waals surface area contributed by atoms with Crippen LogP contribution in [0, 0.1) is 5.39 Å². The van der Waals surface area contributed by atoms with Crippen molar-refractivity contribution in [1.29, 1.82) is 5.39 Å². The zero-order valence-electron chi connectivity index (χ0n) is 12.5. The van der Waals surface area contributed by atoms with Crippen molar-refractivity contribution >= 4 is 44.4 Å². The molecule has 0 radical (unpaired) electrons. The highest BCUT2D eigenvalue weighted by Gasteiger charge is 2.28. The Bertz CT molecular complexity index is 890. The Morgan fingerprint density at radius 2 is 1.83 bits per heavy atom. The third kappa shape index (κ3) is 3.94. The van der Waals surface area contributed by atoms with Crippen LogP contribution < -0.4 is 4.90 Å². The second kappa shape index (κ2) is 6.75. The largest absolute Gasteiger partial charge is 0.403 e. The lowest BCUT2D eigenvalue weighted by atomic mass is 10.2. The molecular weight excluding hydrogens is 357 g/mol. The van der Waals surface area contributed by atoms with E-state index < -0.39 is 9.84 Å². The zero-order valence-corrected chi connectivity index (χ0v) is 14.8. The molecule has 0 fully saturated rings. The molecular formula is C15H14Cl2N3O2S+. The highest BCUT2D eigenvalue weighted by atomic mass is 35.5. The van der Waals surface area contributed by atoms with E-state index in [1.165, 1.54) is 18.2 Å². The Balaban J connectivity index is 2.51. The monoisotopic (exact) mass is 370 g/mol. The van der Waals surface area contributed by atoms with Gasteiger partial charge in [-0.3, -0.25) is 0 Å². The molecule has 2 aromatic rings. The molecule has 0 aliphatic heterocycles. The van der Waals surface area contributed by atoms with Gasteiger partial charge in [0.15, 0.2) is 19.7 Å². The topological polar surface area (TPSA) is 65.5 Å². The van der Waals surface area contributed by atoms with Crippen LogP contribution in [0.1, 0.15) is 5.56 Å². The van der Waals surface area contributed by atoms with Crippen LogP contribution in [0.15, 0.2) is 41.3 Å². The molecule has 5 nitrogen and oxygen atoms in total. The van der Waals surface area contributed by atoms with Gasteiger partial charge >= 0.3 is 5.69 Å². The molecule has 23 heavy (non-hydrogen) atoms. The summed E-state index contributed by atoms with van der Waals surface area (Å²) in [5.41, 5.74) is 1.09. The average Bonchev–Trinajstić information content (AvgIpc) is 2.49. The number of halogens is 2. The molecule has 8 heteroatoms. The highest BCUT2D eigenvalue weighted by molar-refractivity contribution is 7.90. The van der Waals surface area contributed by atoms with Crippen molar-refractivity contribution in [2.24, 2.45) is 0 Å². The van der Waals surface area contributed by atoms with E-state index in [1.54, 1.807) is 37.2 Å². The summed E-state index contributed by atoms with van der Waals surface area (Å²) in [6, 6.07) is 9.21. The number of hydrogen-bond donors (Lipinski definition) is 0. The predicted molar refractivity (Wildman–Crippen MR) is 92.9 cm³/mol. The van der Waals surface area contributed by atoms with Crippen LogP contribution in [0.4, 0.5) is 11.4 Å². The van der Waals surface area contributed by atoms with Gasteiger partial charge in [-0.25, -0.2) is 8.42 Å². The van der Waals surface area contributed by atoms with E-state index in [0.29, 0.717) is 16.3 Å². The van der Waals surface area contributed by atoms with Gasteiger partial charge in [0.1, 0.15) is 0 Å². The molecule has 2 rings (SSSR count). The van der Waals surface area contributed by atoms with Crippen LogP contribution in [0.2, 0.25) is 10.0 Å². The van der Waals surface area contributed by atoms with E-state index >= 15 is 0 Å². The lowest BCUT2D eigenvalue weighted by Crippen LogP contribution is -2.11. The first-order valence-electron chi connectivity index (χ1n) is 6.58. The Morgan fingerprint density at radius 3 is 2.39 bits per heavy atom. The molecule has 0 spiro atoms. The van der Waals surface area contributed by atoms with Crippen molar-refractivity contribution < 1.29 is 8.42 Å². The maximum atomic E-state index is 12.7. The molecule has 0 unspecified atom stereocenters. The maximum absolute atomic E-state index is 12.7. The zero-order chi connectivity index (χ0) is 17.2. The fourth-order valence-corrected chi connectivity index (χ4v) is 4.13. The second-order valence-electron chi connectivity index (χ2n) is 5.14. The highest BCUT2D eigenvalue weighted by Crippen LogP contribution is 2.32. The number of sulfone groups is 1. The van der Waals surface area contributed by atoms with Crippen LogP contribution in [0.3, 0.4) is 0 Å². The van der Waals surface area contributed by atoms with Crippen LogP contribution >= 0.6 is 23.2 Å². The van der Waals surface area contributed by atoms with E-state index in [-0.39, 0.29) is 21.4 Å². The first kappa shape index (κ1) is 17.5. The van der Waals surface area contributed by atoms with Crippen LogP contribution in [-0.2, 0) is 15.6 Å². The summed E-state index contributed by atoms with van der Waals surface area (Å²) in [5, 5.41) is 9.77. The predicted octanol–water partition coefficient (Wildman–Crippen LogP) is 4.52. The van der Waals surface area contributed by atoms with E-state index in [2.05, 4.69) is 4.98 Å². The molecule has 0 N–H and O–H groups in total. The molecule has 0 atom stereocenters. The summed E-state index contributed by atoms with van der Waals surface area (Å²) >= 11 is 11.9. The van der Waals surface area contributed by atoms with Gasteiger partial charge in [-0.1, -0.05) is 29.3 Å². The van der Waals surface area contributed by atoms with E-state index in [4.69, 9.17) is 28.6 Å². The summed E-state index contributed by atoms with van der Waals surface area (Å²) in [5.74, 6) is -0.317. The number of hydrogen-bond acceptors (Lipinski definition) is 4. The molecule has 0 aliphatic carbocycles. The molecule has 2 aromatic carbocycles. The Labute approximate surface area is 145 Å². The lowest BCUT2D eigenvalue weighted by Gasteiger charge is -2.13. The standard InChI is InChI=1S/C15H14Cl2N3O2S/c1-20(2)12-5-6-14(19-18)15(8-12)23(21,22)9-10-3-4-11(16)7-13(10)17/h3-8H,9H2,1-2H3/q+1. The fourth-order valence-electron chi connectivity index (χ4n) is 2.03. The third-order valence-electron chi connectivity index (χ3n) is 3.26. The molecule has 0 aromatic heterocycles. The summed E-state index contributed by atoms with van der Waals surface area (Å²) < 4.78 is 25.4. The van der Waals surface area contributed by atoms with Crippen LogP contribution in [0.25, 0.3) is 4.98 Å². The van der Waals surface area contributed by atoms with Gasteiger partial charge in [0.25, 0.3) is 0 Å². The number of anilines is 1. The second-order valence-corrected chi connectivity index (χ2v) is 7.94. The van der Waals surface area contributed by atoms with Crippen LogP contribution in [-0.4, -0.2) is 22.5 Å². The first-order valence-corrected chi connectivity index (χ1v) is 8.98. The normalized spacial score (nSPS) is 11.1.